The van der Waals surface area contributed by atoms with Crippen LogP contribution in [-0.2, 0) is 11.2 Å². The first kappa shape index (κ1) is 12.3. The summed E-state index contributed by atoms with van der Waals surface area (Å²) in [7, 11) is 0. The summed E-state index contributed by atoms with van der Waals surface area (Å²) in [5.74, 6) is 1.29. The van der Waals surface area contributed by atoms with Crippen LogP contribution >= 0.6 is 34.4 Å². The summed E-state index contributed by atoms with van der Waals surface area (Å²) in [5, 5.41) is 6.48. The zero-order valence-electron chi connectivity index (χ0n) is 9.74. The summed E-state index contributed by atoms with van der Waals surface area (Å²) >= 11 is 5.22. The van der Waals surface area contributed by atoms with Crippen LogP contribution in [0, 0.1) is 0 Å². The van der Waals surface area contributed by atoms with Crippen LogP contribution in [0.3, 0.4) is 0 Å². The van der Waals surface area contributed by atoms with Crippen LogP contribution in [-0.4, -0.2) is 23.1 Å². The topological polar surface area (TPSA) is 20.3 Å². The largest absolute Gasteiger partial charge is 0.325 e. The molecule has 0 N–H and O–H groups in total. The highest BCUT2D eigenvalue weighted by molar-refractivity contribution is 7.99. The number of amides is 1. The lowest BCUT2D eigenvalue weighted by Crippen LogP contribution is -2.31. The van der Waals surface area contributed by atoms with Gasteiger partial charge in [0, 0.05) is 17.2 Å². The molecule has 0 unspecified atom stereocenters. The molecular formula is C13H13NOS3. The predicted octanol–water partition coefficient (Wildman–Crippen LogP) is 3.63. The van der Waals surface area contributed by atoms with Gasteiger partial charge in [0.15, 0.2) is 0 Å². The van der Waals surface area contributed by atoms with Crippen molar-refractivity contribution in [3.8, 4) is 0 Å². The van der Waals surface area contributed by atoms with Gasteiger partial charge in [0.25, 0.3) is 0 Å². The zero-order chi connectivity index (χ0) is 12.4. The molecule has 5 heteroatoms. The smallest absolute Gasteiger partial charge is 0.229 e. The summed E-state index contributed by atoms with van der Waals surface area (Å²) in [6.45, 7) is 0.870. The maximum absolute atomic E-state index is 12.3. The van der Waals surface area contributed by atoms with Crippen molar-refractivity contribution in [1.82, 2.24) is 4.90 Å². The predicted molar refractivity (Wildman–Crippen MR) is 79.3 cm³/mol. The average Bonchev–Trinajstić information content (AvgIpc) is 3.11. The van der Waals surface area contributed by atoms with Crippen molar-refractivity contribution in [1.29, 1.82) is 0 Å². The molecule has 1 atom stereocenters. The first-order valence-corrected chi connectivity index (χ1v) is 8.67. The minimum Gasteiger partial charge on any atom is -0.325 e. The second-order valence-corrected chi connectivity index (χ2v) is 7.12. The van der Waals surface area contributed by atoms with Gasteiger partial charge in [-0.05, 0) is 33.8 Å². The number of nitrogens with zero attached hydrogens (tertiary/aromatic N) is 1. The molecule has 3 heterocycles. The molecule has 1 fully saturated rings. The fourth-order valence-electron chi connectivity index (χ4n) is 2.08. The molecule has 1 aliphatic rings. The Labute approximate surface area is 119 Å². The van der Waals surface area contributed by atoms with Crippen LogP contribution in [0.2, 0.25) is 0 Å². The molecule has 1 saturated heterocycles. The number of thioether (sulfide) groups is 1. The number of hydrogen-bond acceptors (Lipinski definition) is 4. The maximum Gasteiger partial charge on any atom is 0.229 e. The van der Waals surface area contributed by atoms with Gasteiger partial charge in [-0.25, -0.2) is 0 Å². The monoisotopic (exact) mass is 295 g/mol. The summed E-state index contributed by atoms with van der Waals surface area (Å²) in [5.41, 5.74) is 1.27. The molecule has 0 spiro atoms. The van der Waals surface area contributed by atoms with Gasteiger partial charge in [-0.3, -0.25) is 4.79 Å². The van der Waals surface area contributed by atoms with Gasteiger partial charge in [-0.1, -0.05) is 6.07 Å². The van der Waals surface area contributed by atoms with E-state index in [0.717, 1.165) is 17.2 Å². The molecule has 2 nitrogen and oxygen atoms in total. The molecular weight excluding hydrogens is 282 g/mol. The highest BCUT2D eigenvalue weighted by Crippen LogP contribution is 2.39. The van der Waals surface area contributed by atoms with E-state index in [4.69, 9.17) is 0 Å². The Hall–Kier alpha value is -0.780. The highest BCUT2D eigenvalue weighted by atomic mass is 32.2. The molecule has 94 valence electrons. The van der Waals surface area contributed by atoms with Crippen LogP contribution in [0.4, 0.5) is 0 Å². The zero-order valence-corrected chi connectivity index (χ0v) is 12.2. The van der Waals surface area contributed by atoms with Crippen LogP contribution in [0.15, 0.2) is 34.3 Å². The van der Waals surface area contributed by atoms with Crippen molar-refractivity contribution in [3.63, 3.8) is 0 Å². The van der Waals surface area contributed by atoms with Gasteiger partial charge >= 0.3 is 0 Å². The van der Waals surface area contributed by atoms with Crippen molar-refractivity contribution in [2.75, 3.05) is 12.3 Å². The van der Waals surface area contributed by atoms with E-state index in [9.17, 15) is 4.79 Å². The summed E-state index contributed by atoms with van der Waals surface area (Å²) in [6, 6.07) is 6.16. The summed E-state index contributed by atoms with van der Waals surface area (Å²) in [4.78, 5) is 15.5. The SMILES string of the molecule is O=C(Cc1cccs1)N1CCS[C@H]1c1ccsc1. The molecule has 2 aromatic heterocycles. The first-order valence-electron chi connectivity index (χ1n) is 5.80. The van der Waals surface area contributed by atoms with Gasteiger partial charge < -0.3 is 4.90 Å². The Morgan fingerprint density at radius 3 is 3.06 bits per heavy atom. The number of carbonyl (C=O) groups is 1. The Morgan fingerprint density at radius 1 is 1.39 bits per heavy atom. The van der Waals surface area contributed by atoms with Crippen molar-refractivity contribution >= 4 is 40.3 Å². The molecule has 0 bridgehead atoms. The van der Waals surface area contributed by atoms with Crippen molar-refractivity contribution in [2.45, 2.75) is 11.8 Å². The lowest BCUT2D eigenvalue weighted by Gasteiger charge is -2.23. The molecule has 18 heavy (non-hydrogen) atoms. The molecule has 1 aliphatic heterocycles. The Morgan fingerprint density at radius 2 is 2.33 bits per heavy atom. The van der Waals surface area contributed by atoms with E-state index >= 15 is 0 Å². The van der Waals surface area contributed by atoms with E-state index in [2.05, 4.69) is 16.8 Å². The first-order chi connectivity index (χ1) is 8.84. The quantitative estimate of drug-likeness (QED) is 0.862. The lowest BCUT2D eigenvalue weighted by atomic mass is 10.2. The Bertz CT molecular complexity index is 506. The fraction of sp³-hybridized carbons (Fsp3) is 0.308. The maximum atomic E-state index is 12.3. The van der Waals surface area contributed by atoms with E-state index < -0.39 is 0 Å². The molecule has 3 rings (SSSR count). The third-order valence-corrected chi connectivity index (χ3v) is 5.78. The summed E-state index contributed by atoms with van der Waals surface area (Å²) < 4.78 is 0. The van der Waals surface area contributed by atoms with E-state index in [1.54, 1.807) is 22.7 Å². The molecule has 0 aliphatic carbocycles. The van der Waals surface area contributed by atoms with Crippen LogP contribution in [0.1, 0.15) is 15.8 Å². The van der Waals surface area contributed by atoms with Gasteiger partial charge in [0.1, 0.15) is 5.37 Å². The van der Waals surface area contributed by atoms with Gasteiger partial charge in [-0.15, -0.1) is 23.1 Å². The normalized spacial score (nSPS) is 19.3. The number of thiophene rings is 2. The highest BCUT2D eigenvalue weighted by Gasteiger charge is 2.30. The lowest BCUT2D eigenvalue weighted by molar-refractivity contribution is -0.130. The van der Waals surface area contributed by atoms with Crippen LogP contribution in [0.5, 0.6) is 0 Å². The molecule has 0 aromatic carbocycles. The Kier molecular flexibility index (Phi) is 3.72. The van der Waals surface area contributed by atoms with Crippen molar-refractivity contribution in [2.24, 2.45) is 0 Å². The molecule has 2 aromatic rings. The molecule has 1 amide bonds. The van der Waals surface area contributed by atoms with E-state index in [0.29, 0.717) is 6.42 Å². The molecule has 0 radical (unpaired) electrons. The summed E-state index contributed by atoms with van der Waals surface area (Å²) in [6.07, 6.45) is 0.541. The number of hydrogen-bond donors (Lipinski definition) is 0. The van der Waals surface area contributed by atoms with E-state index in [-0.39, 0.29) is 11.3 Å². The number of carbonyl (C=O) groups excluding carboxylic acids is 1. The van der Waals surface area contributed by atoms with Crippen LogP contribution in [0.25, 0.3) is 0 Å². The molecule has 0 saturated carbocycles. The average molecular weight is 295 g/mol. The Balaban J connectivity index is 1.73. The van der Waals surface area contributed by atoms with E-state index in [1.165, 1.54) is 5.56 Å². The van der Waals surface area contributed by atoms with Crippen molar-refractivity contribution < 1.29 is 4.79 Å². The fourth-order valence-corrected chi connectivity index (χ4v) is 4.81. The third-order valence-electron chi connectivity index (χ3n) is 2.95. The third kappa shape index (κ3) is 2.48. The van der Waals surface area contributed by atoms with Gasteiger partial charge in [0.05, 0.1) is 6.42 Å². The minimum atomic E-state index is 0.226. The van der Waals surface area contributed by atoms with Crippen molar-refractivity contribution in [3.05, 3.63) is 44.8 Å². The second kappa shape index (κ2) is 5.47. The second-order valence-electron chi connectivity index (χ2n) is 4.12. The standard InChI is InChI=1S/C13H13NOS3/c15-12(8-11-2-1-5-17-11)14-4-7-18-13(14)10-3-6-16-9-10/h1-3,5-6,9,13H,4,7-8H2/t13-/m0/s1. The number of rotatable bonds is 3. The van der Waals surface area contributed by atoms with Gasteiger partial charge in [0.2, 0.25) is 5.91 Å². The minimum absolute atomic E-state index is 0.226. The van der Waals surface area contributed by atoms with Gasteiger partial charge in [-0.2, -0.15) is 11.3 Å². The van der Waals surface area contributed by atoms with Crippen LogP contribution < -0.4 is 0 Å². The van der Waals surface area contributed by atoms with E-state index in [1.807, 2.05) is 34.2 Å².